The lowest BCUT2D eigenvalue weighted by Gasteiger charge is -2.09. The van der Waals surface area contributed by atoms with Crippen molar-refractivity contribution in [2.45, 2.75) is 6.92 Å². The van der Waals surface area contributed by atoms with Crippen LogP contribution in [0.4, 0.5) is 0 Å². The summed E-state index contributed by atoms with van der Waals surface area (Å²) in [7, 11) is 0. The van der Waals surface area contributed by atoms with Crippen molar-refractivity contribution in [3.8, 4) is 17.8 Å². The average molecular weight is 400 g/mol. The Hall–Kier alpha value is -4.31. The molecule has 30 heavy (non-hydrogen) atoms. The number of carbonyl (C=O) groups excluding carboxylic acids is 3. The van der Waals surface area contributed by atoms with Gasteiger partial charge in [0.25, 0.3) is 0 Å². The molecule has 0 fully saturated rings. The van der Waals surface area contributed by atoms with Crippen molar-refractivity contribution in [1.29, 1.82) is 5.26 Å². The molecule has 0 saturated carbocycles. The lowest BCUT2D eigenvalue weighted by molar-refractivity contribution is 0.0724. The number of ether oxygens (including phenoxy) is 2. The quantitative estimate of drug-likeness (QED) is 0.440. The predicted octanol–water partition coefficient (Wildman–Crippen LogP) is 3.64. The largest absolute Gasteiger partial charge is 0.468 e. The van der Waals surface area contributed by atoms with E-state index in [9.17, 15) is 19.6 Å². The molecule has 7 nitrogen and oxygen atoms in total. The molecule has 0 aliphatic rings. The summed E-state index contributed by atoms with van der Waals surface area (Å²) in [4.78, 5) is 40.1. The second kappa shape index (κ2) is 9.26. The summed E-state index contributed by atoms with van der Waals surface area (Å²) >= 11 is 0. The van der Waals surface area contributed by atoms with Crippen LogP contribution in [-0.4, -0.2) is 29.1 Å². The van der Waals surface area contributed by atoms with Crippen LogP contribution in [0.25, 0.3) is 0 Å². The summed E-state index contributed by atoms with van der Waals surface area (Å²) in [5.74, 6) is -1.37. The Morgan fingerprint density at radius 3 is 2.33 bits per heavy atom. The first-order valence-corrected chi connectivity index (χ1v) is 8.93. The summed E-state index contributed by atoms with van der Waals surface area (Å²) in [6.07, 6.45) is 0. The van der Waals surface area contributed by atoms with E-state index in [0.29, 0.717) is 16.7 Å². The molecule has 0 bridgehead atoms. The van der Waals surface area contributed by atoms with Crippen LogP contribution < -0.4 is 9.47 Å². The van der Waals surface area contributed by atoms with E-state index in [1.165, 1.54) is 25.1 Å². The molecular formula is C23H16N2O5. The Morgan fingerprint density at radius 1 is 0.933 bits per heavy atom. The lowest BCUT2D eigenvalue weighted by atomic mass is 10.1. The van der Waals surface area contributed by atoms with Crippen LogP contribution in [0.15, 0.2) is 66.7 Å². The predicted molar refractivity (Wildman–Crippen MR) is 107 cm³/mol. The number of benzene rings is 2. The molecule has 0 N–H and O–H groups in total. The number of hydrogen-bond acceptors (Lipinski definition) is 7. The van der Waals surface area contributed by atoms with Crippen molar-refractivity contribution in [3.05, 3.63) is 89.0 Å². The van der Waals surface area contributed by atoms with E-state index >= 15 is 0 Å². The van der Waals surface area contributed by atoms with Gasteiger partial charge in [0.2, 0.25) is 11.8 Å². The Bertz CT molecular complexity index is 1150. The van der Waals surface area contributed by atoms with Gasteiger partial charge in [-0.3, -0.25) is 9.59 Å². The highest BCUT2D eigenvalue weighted by atomic mass is 16.5. The van der Waals surface area contributed by atoms with Crippen LogP contribution in [0.1, 0.15) is 43.6 Å². The maximum Gasteiger partial charge on any atom is 0.344 e. The third-order valence-corrected chi connectivity index (χ3v) is 4.09. The summed E-state index contributed by atoms with van der Waals surface area (Å²) in [6.45, 7) is 1.00. The maximum absolute atomic E-state index is 12.4. The van der Waals surface area contributed by atoms with Gasteiger partial charge in [-0.2, -0.15) is 10.2 Å². The van der Waals surface area contributed by atoms with E-state index in [1.54, 1.807) is 48.5 Å². The van der Waals surface area contributed by atoms with Crippen molar-refractivity contribution in [3.63, 3.8) is 0 Å². The summed E-state index contributed by atoms with van der Waals surface area (Å²) in [5.41, 5.74) is 1.13. The van der Waals surface area contributed by atoms with Gasteiger partial charge in [-0.25, -0.2) is 4.79 Å². The van der Waals surface area contributed by atoms with Crippen LogP contribution in [0.5, 0.6) is 11.8 Å². The minimum atomic E-state index is -0.615. The smallest absolute Gasteiger partial charge is 0.344 e. The molecule has 2 aromatic carbocycles. The molecule has 0 atom stereocenters. The van der Waals surface area contributed by atoms with Crippen LogP contribution >= 0.6 is 0 Å². The number of esters is 1. The van der Waals surface area contributed by atoms with Crippen molar-refractivity contribution < 1.29 is 23.9 Å². The van der Waals surface area contributed by atoms with Gasteiger partial charge in [0.05, 0.1) is 5.56 Å². The molecule has 1 heterocycles. The van der Waals surface area contributed by atoms with Crippen LogP contribution in [0.3, 0.4) is 0 Å². The third kappa shape index (κ3) is 4.94. The number of aromatic nitrogens is 1. The molecular weight excluding hydrogens is 384 g/mol. The zero-order valence-electron chi connectivity index (χ0n) is 16.0. The lowest BCUT2D eigenvalue weighted by Crippen LogP contribution is -2.14. The number of ketones is 2. The summed E-state index contributed by atoms with van der Waals surface area (Å²) < 4.78 is 10.6. The molecule has 0 aliphatic carbocycles. The summed E-state index contributed by atoms with van der Waals surface area (Å²) in [6, 6.07) is 19.3. The van der Waals surface area contributed by atoms with Crippen LogP contribution in [-0.2, 0) is 0 Å². The highest BCUT2D eigenvalue weighted by Gasteiger charge is 2.15. The zero-order valence-corrected chi connectivity index (χ0v) is 16.0. The van der Waals surface area contributed by atoms with Crippen LogP contribution in [0.2, 0.25) is 0 Å². The van der Waals surface area contributed by atoms with Crippen LogP contribution in [0, 0.1) is 11.3 Å². The van der Waals surface area contributed by atoms with Gasteiger partial charge in [-0.05, 0) is 31.2 Å². The molecule has 3 aromatic rings. The average Bonchev–Trinajstić information content (AvgIpc) is 2.78. The maximum atomic E-state index is 12.4. The molecule has 3 rings (SSSR count). The number of carbonyl (C=O) groups is 3. The molecule has 0 saturated heterocycles. The monoisotopic (exact) mass is 400 g/mol. The Morgan fingerprint density at radius 2 is 1.63 bits per heavy atom. The molecule has 0 unspecified atom stereocenters. The van der Waals surface area contributed by atoms with Gasteiger partial charge in [-0.1, -0.05) is 36.4 Å². The fraction of sp³-hybridized carbons (Fsp3) is 0.0870. The van der Waals surface area contributed by atoms with Crippen molar-refractivity contribution in [2.24, 2.45) is 0 Å². The molecule has 0 radical (unpaired) electrons. The molecule has 0 aliphatic heterocycles. The molecule has 1 aromatic heterocycles. The van der Waals surface area contributed by atoms with Crippen molar-refractivity contribution in [2.75, 3.05) is 6.61 Å². The van der Waals surface area contributed by atoms with Crippen molar-refractivity contribution in [1.82, 2.24) is 4.98 Å². The number of nitrogens with zero attached hydrogens (tertiary/aromatic N) is 2. The van der Waals surface area contributed by atoms with E-state index in [-0.39, 0.29) is 23.1 Å². The first-order chi connectivity index (χ1) is 14.5. The van der Waals surface area contributed by atoms with E-state index in [1.807, 2.05) is 6.07 Å². The second-order valence-electron chi connectivity index (χ2n) is 6.22. The molecule has 148 valence electrons. The number of nitriles is 1. The number of hydrogen-bond donors (Lipinski definition) is 0. The number of Topliss-reactive ketones (excluding diaryl/α,β-unsaturated/α-hetero) is 2. The Kier molecular flexibility index (Phi) is 6.30. The van der Waals surface area contributed by atoms with E-state index < -0.39 is 18.4 Å². The second-order valence-corrected chi connectivity index (χ2v) is 6.22. The van der Waals surface area contributed by atoms with Gasteiger partial charge in [0.15, 0.2) is 18.2 Å². The van der Waals surface area contributed by atoms with Gasteiger partial charge in [0.1, 0.15) is 11.6 Å². The standard InChI is InChI=1S/C23H16N2O5/c1-15(26)17-8-5-9-18(12-17)20(27)14-29-22-19(13-24)10-11-21(25-22)30-23(28)16-6-3-2-4-7-16/h2-12H,14H2,1H3. The van der Waals surface area contributed by atoms with E-state index in [2.05, 4.69) is 4.98 Å². The zero-order chi connectivity index (χ0) is 21.5. The van der Waals surface area contributed by atoms with Crippen molar-refractivity contribution >= 4 is 17.5 Å². The topological polar surface area (TPSA) is 106 Å². The summed E-state index contributed by atoms with van der Waals surface area (Å²) in [5, 5.41) is 9.25. The first-order valence-electron chi connectivity index (χ1n) is 8.93. The van der Waals surface area contributed by atoms with Gasteiger partial charge in [-0.15, -0.1) is 0 Å². The highest BCUT2D eigenvalue weighted by Crippen LogP contribution is 2.21. The van der Waals surface area contributed by atoms with Gasteiger partial charge in [0, 0.05) is 17.2 Å². The van der Waals surface area contributed by atoms with E-state index in [4.69, 9.17) is 9.47 Å². The minimum absolute atomic E-state index is 0.0659. The minimum Gasteiger partial charge on any atom is -0.468 e. The Labute approximate surface area is 172 Å². The van der Waals surface area contributed by atoms with E-state index in [0.717, 1.165) is 0 Å². The fourth-order valence-corrected chi connectivity index (χ4v) is 2.53. The first kappa shape index (κ1) is 20.4. The Balaban J connectivity index is 1.74. The third-order valence-electron chi connectivity index (χ3n) is 4.09. The normalized spacial score (nSPS) is 10.0. The fourth-order valence-electron chi connectivity index (χ4n) is 2.53. The highest BCUT2D eigenvalue weighted by molar-refractivity contribution is 6.01. The molecule has 7 heteroatoms. The SMILES string of the molecule is CC(=O)c1cccc(C(=O)COc2nc(OC(=O)c3ccccc3)ccc2C#N)c1. The number of rotatable bonds is 7. The number of pyridine rings is 1. The van der Waals surface area contributed by atoms with Gasteiger partial charge >= 0.3 is 5.97 Å². The molecule has 0 amide bonds. The van der Waals surface area contributed by atoms with Gasteiger partial charge < -0.3 is 9.47 Å². The molecule has 0 spiro atoms.